The first kappa shape index (κ1) is 21.8. The Bertz CT molecular complexity index is 1080. The number of phenols is 1. The molecule has 1 aromatic carbocycles. The molecule has 0 aromatic heterocycles. The fourth-order valence-electron chi connectivity index (χ4n) is 6.17. The van der Waals surface area contributed by atoms with Gasteiger partial charge in [-0.15, -0.1) is 0 Å². The van der Waals surface area contributed by atoms with Crippen LogP contribution in [0, 0.1) is 5.92 Å². The van der Waals surface area contributed by atoms with E-state index in [1.54, 1.807) is 12.1 Å². The standard InChI is InChI=1S/C24H26O9/c1-12(31-18(27)11-30-13(2)25)22(28)32-17-7-9-24(29)15-4-3-8-23(24)19-14(10-15)5-6-16(26)20(19)33-21(17)23/h5-7,12,15,21,26,29H,3-4,8-11H2,1-2H3/t12-,15-,21+,23+,24-/m0/s1. The lowest BCUT2D eigenvalue weighted by Gasteiger charge is -2.59. The number of rotatable bonds is 5. The van der Waals surface area contributed by atoms with E-state index in [0.717, 1.165) is 30.9 Å². The number of hydrogen-bond acceptors (Lipinski definition) is 9. The average Bonchev–Trinajstić information content (AvgIpc) is 3.11. The molecular weight excluding hydrogens is 432 g/mol. The largest absolute Gasteiger partial charge is 0.504 e. The van der Waals surface area contributed by atoms with Crippen molar-refractivity contribution < 1.29 is 43.5 Å². The van der Waals surface area contributed by atoms with Crippen LogP contribution in [0.25, 0.3) is 0 Å². The monoisotopic (exact) mass is 458 g/mol. The van der Waals surface area contributed by atoms with E-state index in [4.69, 9.17) is 14.2 Å². The summed E-state index contributed by atoms with van der Waals surface area (Å²) in [4.78, 5) is 35.3. The number of phenolic OH excluding ortho intramolecular Hbond substituents is 1. The van der Waals surface area contributed by atoms with Crippen molar-refractivity contribution in [2.75, 3.05) is 6.61 Å². The predicted octanol–water partition coefficient (Wildman–Crippen LogP) is 1.80. The number of carbonyl (C=O) groups excluding carboxylic acids is 3. The second-order valence-electron chi connectivity index (χ2n) is 9.28. The Hall–Kier alpha value is -3.07. The van der Waals surface area contributed by atoms with Crippen LogP contribution in [0.3, 0.4) is 0 Å². The molecule has 0 saturated heterocycles. The highest BCUT2D eigenvalue weighted by Crippen LogP contribution is 2.67. The van der Waals surface area contributed by atoms with Gasteiger partial charge in [-0.1, -0.05) is 12.5 Å². The zero-order valence-electron chi connectivity index (χ0n) is 18.5. The van der Waals surface area contributed by atoms with Crippen molar-refractivity contribution in [3.8, 4) is 11.5 Å². The second-order valence-corrected chi connectivity index (χ2v) is 9.28. The Balaban J connectivity index is 1.42. The van der Waals surface area contributed by atoms with E-state index >= 15 is 0 Å². The van der Waals surface area contributed by atoms with Crippen LogP contribution < -0.4 is 4.74 Å². The normalized spacial score (nSPS) is 31.4. The van der Waals surface area contributed by atoms with Crippen LogP contribution >= 0.6 is 0 Å². The van der Waals surface area contributed by atoms with Gasteiger partial charge in [-0.2, -0.15) is 0 Å². The van der Waals surface area contributed by atoms with Crippen LogP contribution in [0.4, 0.5) is 0 Å². The maximum atomic E-state index is 12.7. The van der Waals surface area contributed by atoms with E-state index < -0.39 is 47.7 Å². The molecule has 0 unspecified atom stereocenters. The molecule has 5 atom stereocenters. The van der Waals surface area contributed by atoms with E-state index in [1.807, 2.05) is 6.07 Å². The maximum absolute atomic E-state index is 12.7. The van der Waals surface area contributed by atoms with Crippen LogP contribution in [-0.4, -0.2) is 52.5 Å². The van der Waals surface area contributed by atoms with Crippen molar-refractivity contribution in [1.29, 1.82) is 0 Å². The first-order valence-electron chi connectivity index (χ1n) is 11.2. The first-order valence-corrected chi connectivity index (χ1v) is 11.2. The van der Waals surface area contributed by atoms with Gasteiger partial charge in [0.2, 0.25) is 0 Å². The van der Waals surface area contributed by atoms with Crippen LogP contribution in [0.1, 0.15) is 50.7 Å². The molecule has 1 aromatic rings. The molecule has 2 bridgehead atoms. The summed E-state index contributed by atoms with van der Waals surface area (Å²) >= 11 is 0. The number of ether oxygens (including phenoxy) is 4. The van der Waals surface area contributed by atoms with E-state index in [-0.39, 0.29) is 23.8 Å². The molecule has 3 aliphatic carbocycles. The van der Waals surface area contributed by atoms with Crippen molar-refractivity contribution in [3.05, 3.63) is 35.1 Å². The van der Waals surface area contributed by atoms with Crippen molar-refractivity contribution in [3.63, 3.8) is 0 Å². The third-order valence-corrected chi connectivity index (χ3v) is 7.52. The highest BCUT2D eigenvalue weighted by molar-refractivity contribution is 5.81. The Morgan fingerprint density at radius 3 is 2.85 bits per heavy atom. The molecule has 1 heterocycles. The van der Waals surface area contributed by atoms with Gasteiger partial charge >= 0.3 is 17.9 Å². The second kappa shape index (κ2) is 7.48. The molecule has 1 saturated carbocycles. The summed E-state index contributed by atoms with van der Waals surface area (Å²) in [7, 11) is 0. The summed E-state index contributed by atoms with van der Waals surface area (Å²) in [6.45, 7) is 1.92. The van der Waals surface area contributed by atoms with Gasteiger partial charge in [0, 0.05) is 12.5 Å². The molecule has 4 aliphatic rings. The smallest absolute Gasteiger partial charge is 0.352 e. The van der Waals surface area contributed by atoms with Crippen LogP contribution in [0.5, 0.6) is 11.5 Å². The first-order chi connectivity index (χ1) is 15.7. The summed E-state index contributed by atoms with van der Waals surface area (Å²) in [5.74, 6) is -1.73. The minimum Gasteiger partial charge on any atom is -0.504 e. The fraction of sp³-hybridized carbons (Fsp3) is 0.542. The Morgan fingerprint density at radius 1 is 1.30 bits per heavy atom. The Morgan fingerprint density at radius 2 is 2.09 bits per heavy atom. The lowest BCUT2D eigenvalue weighted by atomic mass is 9.47. The van der Waals surface area contributed by atoms with E-state index in [0.29, 0.717) is 18.6 Å². The SMILES string of the molecule is CC(=O)OCC(=O)O[C@@H](C)C(=O)OC1=CC[C@]2(O)[C@H]3CCC[C@]24c2c(ccc(O)c2O[C@H]14)C3. The summed E-state index contributed by atoms with van der Waals surface area (Å²) in [6.07, 6.45) is 3.03. The number of benzene rings is 1. The van der Waals surface area contributed by atoms with E-state index in [2.05, 4.69) is 4.74 Å². The van der Waals surface area contributed by atoms with Crippen molar-refractivity contribution in [2.45, 2.75) is 69.2 Å². The van der Waals surface area contributed by atoms with Gasteiger partial charge in [0.05, 0.1) is 11.0 Å². The lowest BCUT2D eigenvalue weighted by Crippen LogP contribution is -2.67. The number of hydrogen-bond donors (Lipinski definition) is 2. The molecule has 0 amide bonds. The van der Waals surface area contributed by atoms with E-state index in [1.165, 1.54) is 6.92 Å². The molecule has 176 valence electrons. The maximum Gasteiger partial charge on any atom is 0.352 e. The van der Waals surface area contributed by atoms with Crippen molar-refractivity contribution >= 4 is 17.9 Å². The van der Waals surface area contributed by atoms with Gasteiger partial charge in [-0.25, -0.2) is 9.59 Å². The minimum absolute atomic E-state index is 0.0117. The molecular formula is C24H26O9. The Labute approximate surface area is 190 Å². The Kier molecular flexibility index (Phi) is 4.93. The van der Waals surface area contributed by atoms with Gasteiger partial charge in [0.15, 0.2) is 30.3 Å². The molecule has 2 N–H and O–H groups in total. The van der Waals surface area contributed by atoms with Crippen molar-refractivity contribution in [1.82, 2.24) is 0 Å². The number of aromatic hydroxyl groups is 1. The van der Waals surface area contributed by atoms with E-state index in [9.17, 15) is 24.6 Å². The van der Waals surface area contributed by atoms with Crippen LogP contribution in [0.15, 0.2) is 24.0 Å². The lowest BCUT2D eigenvalue weighted by molar-refractivity contribution is -0.174. The fourth-order valence-corrected chi connectivity index (χ4v) is 6.17. The van der Waals surface area contributed by atoms with Gasteiger partial charge in [0.1, 0.15) is 5.76 Å². The topological polar surface area (TPSA) is 129 Å². The molecule has 1 aliphatic heterocycles. The highest BCUT2D eigenvalue weighted by Gasteiger charge is 2.70. The predicted molar refractivity (Wildman–Crippen MR) is 111 cm³/mol. The van der Waals surface area contributed by atoms with Gasteiger partial charge < -0.3 is 29.2 Å². The third kappa shape index (κ3) is 3.05. The molecule has 1 spiro atoms. The van der Waals surface area contributed by atoms with Crippen LogP contribution in [-0.2, 0) is 40.4 Å². The summed E-state index contributed by atoms with van der Waals surface area (Å²) < 4.78 is 21.4. The molecule has 33 heavy (non-hydrogen) atoms. The quantitative estimate of drug-likeness (QED) is 0.501. The number of carbonyl (C=O) groups is 3. The summed E-state index contributed by atoms with van der Waals surface area (Å²) in [6, 6.07) is 3.48. The van der Waals surface area contributed by atoms with Crippen molar-refractivity contribution in [2.24, 2.45) is 5.92 Å². The zero-order chi connectivity index (χ0) is 23.5. The summed E-state index contributed by atoms with van der Waals surface area (Å²) in [5, 5.41) is 22.4. The molecule has 1 fully saturated rings. The minimum atomic E-state index is -1.24. The number of esters is 3. The van der Waals surface area contributed by atoms with Gasteiger partial charge in [0.25, 0.3) is 0 Å². The summed E-state index contributed by atoms with van der Waals surface area (Å²) in [5.41, 5.74) is -0.0366. The van der Waals surface area contributed by atoms with Gasteiger partial charge in [-0.3, -0.25) is 4.79 Å². The molecule has 5 rings (SSSR count). The number of aliphatic hydroxyl groups is 1. The molecule has 0 radical (unpaired) electrons. The van der Waals surface area contributed by atoms with Gasteiger partial charge in [-0.05, 0) is 56.2 Å². The average molecular weight is 458 g/mol. The molecule has 9 nitrogen and oxygen atoms in total. The zero-order valence-corrected chi connectivity index (χ0v) is 18.5. The third-order valence-electron chi connectivity index (χ3n) is 7.52. The molecule has 9 heteroatoms. The highest BCUT2D eigenvalue weighted by atomic mass is 16.6. The van der Waals surface area contributed by atoms with Crippen LogP contribution in [0.2, 0.25) is 0 Å².